The van der Waals surface area contributed by atoms with Crippen LogP contribution in [-0.4, -0.2) is 52.8 Å². The van der Waals surface area contributed by atoms with E-state index in [1.54, 1.807) is 52.9 Å². The number of rotatable bonds is 6. The molecule has 1 N–H and O–H groups in total. The third-order valence-corrected chi connectivity index (χ3v) is 3.56. The first-order valence-corrected chi connectivity index (χ1v) is 8.88. The fourth-order valence-electron chi connectivity index (χ4n) is 2.45. The predicted octanol–water partition coefficient (Wildman–Crippen LogP) is 2.80. The average molecular weight is 387 g/mol. The minimum absolute atomic E-state index is 0.00660. The number of aromatic nitrogens is 2. The van der Waals surface area contributed by atoms with Gasteiger partial charge >= 0.3 is 11.9 Å². The van der Waals surface area contributed by atoms with Gasteiger partial charge in [0.2, 0.25) is 0 Å². The van der Waals surface area contributed by atoms with E-state index in [0.29, 0.717) is 5.56 Å². The number of para-hydroxylation sites is 1. The zero-order valence-electron chi connectivity index (χ0n) is 16.7. The lowest BCUT2D eigenvalue weighted by Crippen LogP contribution is -2.34. The van der Waals surface area contributed by atoms with Crippen molar-refractivity contribution in [2.24, 2.45) is 0 Å². The highest BCUT2D eigenvalue weighted by atomic mass is 16.6. The summed E-state index contributed by atoms with van der Waals surface area (Å²) in [6, 6.07) is 6.59. The van der Waals surface area contributed by atoms with E-state index in [0.717, 1.165) is 0 Å². The van der Waals surface area contributed by atoms with Crippen molar-refractivity contribution in [3.8, 4) is 17.1 Å². The van der Waals surface area contributed by atoms with Gasteiger partial charge < -0.3 is 19.5 Å². The maximum Gasteiger partial charge on any atom is 0.343 e. The Morgan fingerprint density at radius 2 is 1.89 bits per heavy atom. The summed E-state index contributed by atoms with van der Waals surface area (Å²) in [5.41, 5.74) is -0.105. The molecule has 0 saturated heterocycles. The molecule has 0 atom stereocenters. The Hall–Kier alpha value is -3.16. The SMILES string of the molecule is CCOC(=O)c1cnc(-c2ccccc2O)nc1N(C)CC(=O)OC(C)(C)C. The predicted molar refractivity (Wildman–Crippen MR) is 104 cm³/mol. The Balaban J connectivity index is 2.42. The van der Waals surface area contributed by atoms with E-state index in [1.165, 1.54) is 17.2 Å². The van der Waals surface area contributed by atoms with Crippen LogP contribution in [0.4, 0.5) is 5.82 Å². The Kier molecular flexibility index (Phi) is 6.56. The fraction of sp³-hybridized carbons (Fsp3) is 0.400. The molecule has 2 rings (SSSR count). The van der Waals surface area contributed by atoms with Crippen LogP contribution in [0.5, 0.6) is 5.75 Å². The van der Waals surface area contributed by atoms with Crippen molar-refractivity contribution < 1.29 is 24.2 Å². The standard InChI is InChI=1S/C20H25N3O5/c1-6-27-19(26)14-11-21-17(13-9-7-8-10-15(13)24)22-18(14)23(5)12-16(25)28-20(2,3)4/h7-11,24H,6,12H2,1-5H3. The van der Waals surface area contributed by atoms with E-state index >= 15 is 0 Å². The first-order valence-electron chi connectivity index (χ1n) is 8.88. The fourth-order valence-corrected chi connectivity index (χ4v) is 2.45. The molecule has 0 bridgehead atoms. The number of hydrogen-bond donors (Lipinski definition) is 1. The monoisotopic (exact) mass is 387 g/mol. The zero-order chi connectivity index (χ0) is 20.9. The van der Waals surface area contributed by atoms with E-state index < -0.39 is 17.5 Å². The number of nitrogens with zero attached hydrogens (tertiary/aromatic N) is 3. The van der Waals surface area contributed by atoms with Gasteiger partial charge in [0.1, 0.15) is 29.3 Å². The highest BCUT2D eigenvalue weighted by molar-refractivity contribution is 5.95. The Bertz CT molecular complexity index is 861. The van der Waals surface area contributed by atoms with Crippen LogP contribution in [0.15, 0.2) is 30.5 Å². The summed E-state index contributed by atoms with van der Waals surface area (Å²) in [7, 11) is 1.61. The van der Waals surface area contributed by atoms with E-state index in [4.69, 9.17) is 9.47 Å². The number of phenolic OH excluding ortho intramolecular Hbond substituents is 1. The average Bonchev–Trinajstić information content (AvgIpc) is 2.60. The molecule has 28 heavy (non-hydrogen) atoms. The molecule has 0 aliphatic heterocycles. The third kappa shape index (κ3) is 5.42. The molecule has 8 nitrogen and oxygen atoms in total. The zero-order valence-corrected chi connectivity index (χ0v) is 16.7. The van der Waals surface area contributed by atoms with Crippen molar-refractivity contribution in [2.45, 2.75) is 33.3 Å². The maximum absolute atomic E-state index is 12.3. The number of benzene rings is 1. The van der Waals surface area contributed by atoms with Gasteiger partial charge in [0.25, 0.3) is 0 Å². The van der Waals surface area contributed by atoms with Crippen LogP contribution in [0.3, 0.4) is 0 Å². The molecule has 0 radical (unpaired) electrons. The molecule has 0 aliphatic carbocycles. The molecule has 1 aromatic carbocycles. The van der Waals surface area contributed by atoms with Crippen LogP contribution in [-0.2, 0) is 14.3 Å². The molecule has 0 aliphatic rings. The number of esters is 2. The van der Waals surface area contributed by atoms with Crippen LogP contribution in [0.2, 0.25) is 0 Å². The van der Waals surface area contributed by atoms with Crippen LogP contribution in [0.25, 0.3) is 11.4 Å². The smallest absolute Gasteiger partial charge is 0.343 e. The van der Waals surface area contributed by atoms with Crippen LogP contribution in [0, 0.1) is 0 Å². The summed E-state index contributed by atoms with van der Waals surface area (Å²) in [6.07, 6.45) is 1.33. The number of hydrogen-bond acceptors (Lipinski definition) is 8. The minimum Gasteiger partial charge on any atom is -0.507 e. The summed E-state index contributed by atoms with van der Waals surface area (Å²) >= 11 is 0. The van der Waals surface area contributed by atoms with Crippen molar-refractivity contribution in [2.75, 3.05) is 25.1 Å². The molecule has 8 heteroatoms. The summed E-state index contributed by atoms with van der Waals surface area (Å²) in [5, 5.41) is 10.1. The Morgan fingerprint density at radius 3 is 2.50 bits per heavy atom. The number of likely N-dealkylation sites (N-methyl/N-ethyl adjacent to an activating group) is 1. The lowest BCUT2D eigenvalue weighted by Gasteiger charge is -2.24. The van der Waals surface area contributed by atoms with Gasteiger partial charge in [-0.1, -0.05) is 12.1 Å². The number of carbonyl (C=O) groups excluding carboxylic acids is 2. The number of phenols is 1. The van der Waals surface area contributed by atoms with E-state index in [1.807, 2.05) is 0 Å². The quantitative estimate of drug-likeness (QED) is 0.755. The number of carbonyl (C=O) groups is 2. The van der Waals surface area contributed by atoms with Crippen molar-refractivity contribution in [3.05, 3.63) is 36.0 Å². The second-order valence-corrected chi connectivity index (χ2v) is 7.11. The van der Waals surface area contributed by atoms with E-state index in [9.17, 15) is 14.7 Å². The second-order valence-electron chi connectivity index (χ2n) is 7.11. The van der Waals surface area contributed by atoms with Gasteiger partial charge in [0.15, 0.2) is 5.82 Å². The summed E-state index contributed by atoms with van der Waals surface area (Å²) in [6.45, 7) is 7.08. The van der Waals surface area contributed by atoms with Crippen LogP contribution >= 0.6 is 0 Å². The molecule has 2 aromatic rings. The Labute approximate surface area is 164 Å². The van der Waals surface area contributed by atoms with Gasteiger partial charge in [-0.05, 0) is 39.8 Å². The maximum atomic E-state index is 12.3. The van der Waals surface area contributed by atoms with Gasteiger partial charge in [-0.3, -0.25) is 4.79 Å². The van der Waals surface area contributed by atoms with E-state index in [2.05, 4.69) is 9.97 Å². The molecule has 1 heterocycles. The molecule has 0 unspecified atom stereocenters. The van der Waals surface area contributed by atoms with Crippen LogP contribution in [0.1, 0.15) is 38.1 Å². The largest absolute Gasteiger partial charge is 0.507 e. The number of ether oxygens (including phenoxy) is 2. The van der Waals surface area contributed by atoms with Gasteiger partial charge in [0, 0.05) is 13.2 Å². The van der Waals surface area contributed by atoms with Crippen molar-refractivity contribution in [1.29, 1.82) is 0 Å². The first-order chi connectivity index (χ1) is 13.1. The molecule has 1 aromatic heterocycles. The third-order valence-electron chi connectivity index (χ3n) is 3.56. The second kappa shape index (κ2) is 8.69. The van der Waals surface area contributed by atoms with E-state index in [-0.39, 0.29) is 36.1 Å². The molecular formula is C20H25N3O5. The topological polar surface area (TPSA) is 102 Å². The van der Waals surface area contributed by atoms with Gasteiger partial charge in [-0.2, -0.15) is 0 Å². The normalized spacial score (nSPS) is 11.0. The molecule has 0 fully saturated rings. The lowest BCUT2D eigenvalue weighted by atomic mass is 10.2. The summed E-state index contributed by atoms with van der Waals surface area (Å²) in [5.74, 6) is -0.633. The molecular weight excluding hydrogens is 362 g/mol. The molecule has 0 amide bonds. The molecule has 0 spiro atoms. The highest BCUT2D eigenvalue weighted by Gasteiger charge is 2.23. The highest BCUT2D eigenvalue weighted by Crippen LogP contribution is 2.28. The van der Waals surface area contributed by atoms with Crippen molar-refractivity contribution in [1.82, 2.24) is 9.97 Å². The van der Waals surface area contributed by atoms with Crippen molar-refractivity contribution >= 4 is 17.8 Å². The first kappa shape index (κ1) is 21.1. The summed E-state index contributed by atoms with van der Waals surface area (Å²) in [4.78, 5) is 34.6. The lowest BCUT2D eigenvalue weighted by molar-refractivity contribution is -0.152. The molecule has 150 valence electrons. The van der Waals surface area contributed by atoms with Crippen molar-refractivity contribution in [3.63, 3.8) is 0 Å². The number of aromatic hydroxyl groups is 1. The van der Waals surface area contributed by atoms with Gasteiger partial charge in [-0.25, -0.2) is 14.8 Å². The minimum atomic E-state index is -0.630. The van der Waals surface area contributed by atoms with Crippen LogP contribution < -0.4 is 4.90 Å². The summed E-state index contributed by atoms with van der Waals surface area (Å²) < 4.78 is 10.4. The number of anilines is 1. The van der Waals surface area contributed by atoms with Gasteiger partial charge in [0.05, 0.1) is 12.2 Å². The van der Waals surface area contributed by atoms with Gasteiger partial charge in [-0.15, -0.1) is 0 Å². The Morgan fingerprint density at radius 1 is 1.21 bits per heavy atom. The molecule has 0 saturated carbocycles.